The largest absolute Gasteiger partial charge is 0.360 e. The van der Waals surface area contributed by atoms with Crippen LogP contribution in [0.25, 0.3) is 11.3 Å². The van der Waals surface area contributed by atoms with Crippen LogP contribution < -0.4 is 0 Å². The van der Waals surface area contributed by atoms with Crippen LogP contribution in [0.3, 0.4) is 0 Å². The minimum atomic E-state index is 0.137. The van der Waals surface area contributed by atoms with Crippen molar-refractivity contribution in [3.8, 4) is 11.3 Å². The summed E-state index contributed by atoms with van der Waals surface area (Å²) in [6.07, 6.45) is 2.25. The van der Waals surface area contributed by atoms with Gasteiger partial charge in [0.05, 0.1) is 5.56 Å². The summed E-state index contributed by atoms with van der Waals surface area (Å²) in [4.78, 5) is 11.9. The Hall–Kier alpha value is -1.42. The standard InChI is InChI=1S/C13H10BrNO2/c14-9-5-2-1-4-8(9)13-12-10(16)6-3-7-11(12)17-15-13/h1-2,4-5H,3,6-7H2. The Kier molecular flexibility index (Phi) is 2.59. The molecule has 0 bridgehead atoms. The summed E-state index contributed by atoms with van der Waals surface area (Å²) in [6, 6.07) is 7.73. The molecule has 1 heterocycles. The lowest BCUT2D eigenvalue weighted by molar-refractivity contribution is 0.0969. The topological polar surface area (TPSA) is 43.1 Å². The molecule has 4 heteroatoms. The predicted octanol–water partition coefficient (Wildman–Crippen LogP) is 3.62. The van der Waals surface area contributed by atoms with Gasteiger partial charge in [0.2, 0.25) is 0 Å². The highest BCUT2D eigenvalue weighted by atomic mass is 79.9. The molecule has 0 saturated carbocycles. The zero-order chi connectivity index (χ0) is 11.8. The Labute approximate surface area is 107 Å². The maximum absolute atomic E-state index is 11.9. The first-order valence-corrected chi connectivity index (χ1v) is 6.33. The zero-order valence-electron chi connectivity index (χ0n) is 9.07. The van der Waals surface area contributed by atoms with Gasteiger partial charge in [-0.05, 0) is 12.5 Å². The third kappa shape index (κ3) is 1.72. The van der Waals surface area contributed by atoms with Gasteiger partial charge in [0.1, 0.15) is 11.5 Å². The molecule has 17 heavy (non-hydrogen) atoms. The number of carbonyl (C=O) groups is 1. The minimum absolute atomic E-state index is 0.137. The quantitative estimate of drug-likeness (QED) is 0.806. The molecule has 0 saturated heterocycles. The number of aromatic nitrogens is 1. The number of halogens is 1. The van der Waals surface area contributed by atoms with Gasteiger partial charge in [-0.2, -0.15) is 0 Å². The lowest BCUT2D eigenvalue weighted by atomic mass is 9.93. The average molecular weight is 292 g/mol. The Balaban J connectivity index is 2.20. The van der Waals surface area contributed by atoms with E-state index in [0.29, 0.717) is 17.7 Å². The molecule has 1 aliphatic rings. The molecule has 1 aromatic heterocycles. The van der Waals surface area contributed by atoms with E-state index in [2.05, 4.69) is 21.1 Å². The number of carbonyl (C=O) groups excluding carboxylic acids is 1. The molecule has 3 nitrogen and oxygen atoms in total. The molecule has 86 valence electrons. The van der Waals surface area contributed by atoms with E-state index in [1.165, 1.54) is 0 Å². The van der Waals surface area contributed by atoms with E-state index < -0.39 is 0 Å². The molecule has 3 rings (SSSR count). The molecule has 0 unspecified atom stereocenters. The second-order valence-electron chi connectivity index (χ2n) is 4.09. The summed E-state index contributed by atoms with van der Waals surface area (Å²) < 4.78 is 6.20. The summed E-state index contributed by atoms with van der Waals surface area (Å²) in [7, 11) is 0. The molecular weight excluding hydrogens is 282 g/mol. The van der Waals surface area contributed by atoms with Crippen LogP contribution in [0.15, 0.2) is 33.3 Å². The van der Waals surface area contributed by atoms with Crippen LogP contribution in [0, 0.1) is 0 Å². The van der Waals surface area contributed by atoms with Gasteiger partial charge in [0, 0.05) is 22.9 Å². The lowest BCUT2D eigenvalue weighted by Gasteiger charge is -2.08. The third-order valence-corrected chi connectivity index (χ3v) is 3.67. The predicted molar refractivity (Wildman–Crippen MR) is 66.9 cm³/mol. The van der Waals surface area contributed by atoms with Crippen LogP contribution in [0.1, 0.15) is 29.0 Å². The van der Waals surface area contributed by atoms with E-state index in [-0.39, 0.29) is 5.78 Å². The Bertz CT molecular complexity index is 589. The van der Waals surface area contributed by atoms with E-state index in [1.807, 2.05) is 24.3 Å². The van der Waals surface area contributed by atoms with Crippen LogP contribution in [0.5, 0.6) is 0 Å². The maximum atomic E-state index is 11.9. The SMILES string of the molecule is O=C1CCCc2onc(-c3ccccc3Br)c21. The van der Waals surface area contributed by atoms with Gasteiger partial charge in [-0.1, -0.05) is 39.3 Å². The highest BCUT2D eigenvalue weighted by Crippen LogP contribution is 2.34. The number of benzene rings is 1. The highest BCUT2D eigenvalue weighted by molar-refractivity contribution is 9.10. The van der Waals surface area contributed by atoms with Crippen LogP contribution in [-0.2, 0) is 6.42 Å². The molecule has 0 spiro atoms. The molecule has 0 atom stereocenters. The molecule has 0 fully saturated rings. The number of Topliss-reactive ketones (excluding diaryl/α,β-unsaturated/α-hetero) is 1. The van der Waals surface area contributed by atoms with Crippen molar-refractivity contribution in [3.63, 3.8) is 0 Å². The van der Waals surface area contributed by atoms with Crippen LogP contribution in [0.4, 0.5) is 0 Å². The van der Waals surface area contributed by atoms with E-state index >= 15 is 0 Å². The third-order valence-electron chi connectivity index (χ3n) is 2.98. The first-order valence-electron chi connectivity index (χ1n) is 5.54. The number of aryl methyl sites for hydroxylation is 1. The molecule has 0 radical (unpaired) electrons. The molecule has 1 aromatic carbocycles. The van der Waals surface area contributed by atoms with Gasteiger partial charge in [0.25, 0.3) is 0 Å². The molecule has 2 aromatic rings. The normalized spacial score (nSPS) is 14.8. The van der Waals surface area contributed by atoms with Crippen LogP contribution in [0.2, 0.25) is 0 Å². The van der Waals surface area contributed by atoms with Crippen molar-refractivity contribution in [1.82, 2.24) is 5.16 Å². The molecule has 0 aliphatic heterocycles. The number of nitrogens with zero attached hydrogens (tertiary/aromatic N) is 1. The van der Waals surface area contributed by atoms with Gasteiger partial charge in [-0.3, -0.25) is 4.79 Å². The summed E-state index contributed by atoms with van der Waals surface area (Å²) in [5.41, 5.74) is 2.24. The van der Waals surface area contributed by atoms with Crippen LogP contribution >= 0.6 is 15.9 Å². The average Bonchev–Trinajstić information content (AvgIpc) is 2.75. The number of fused-ring (bicyclic) bond motifs is 1. The van der Waals surface area contributed by atoms with Crippen molar-refractivity contribution in [1.29, 1.82) is 0 Å². The van der Waals surface area contributed by atoms with E-state index in [0.717, 1.165) is 28.6 Å². The highest BCUT2D eigenvalue weighted by Gasteiger charge is 2.27. The first-order chi connectivity index (χ1) is 8.27. The maximum Gasteiger partial charge on any atom is 0.168 e. The van der Waals surface area contributed by atoms with Crippen molar-refractivity contribution in [2.75, 3.05) is 0 Å². The summed E-state index contributed by atoms with van der Waals surface area (Å²) in [5.74, 6) is 0.866. The molecule has 0 amide bonds. The smallest absolute Gasteiger partial charge is 0.168 e. The summed E-state index contributed by atoms with van der Waals surface area (Å²) in [5, 5.41) is 4.05. The summed E-state index contributed by atoms with van der Waals surface area (Å²) >= 11 is 3.47. The van der Waals surface area contributed by atoms with Gasteiger partial charge in [-0.15, -0.1) is 0 Å². The number of hydrogen-bond acceptors (Lipinski definition) is 3. The second-order valence-corrected chi connectivity index (χ2v) is 4.94. The number of hydrogen-bond donors (Lipinski definition) is 0. The van der Waals surface area contributed by atoms with Crippen molar-refractivity contribution in [3.05, 3.63) is 40.1 Å². The van der Waals surface area contributed by atoms with Gasteiger partial charge in [-0.25, -0.2) is 0 Å². The number of rotatable bonds is 1. The van der Waals surface area contributed by atoms with E-state index in [4.69, 9.17) is 4.52 Å². The summed E-state index contributed by atoms with van der Waals surface area (Å²) in [6.45, 7) is 0. The Morgan fingerprint density at radius 3 is 2.88 bits per heavy atom. The monoisotopic (exact) mass is 291 g/mol. The number of ketones is 1. The Morgan fingerprint density at radius 1 is 1.24 bits per heavy atom. The molecule has 0 N–H and O–H groups in total. The molecule has 1 aliphatic carbocycles. The van der Waals surface area contributed by atoms with Crippen molar-refractivity contribution in [2.24, 2.45) is 0 Å². The van der Waals surface area contributed by atoms with Gasteiger partial charge < -0.3 is 4.52 Å². The Morgan fingerprint density at radius 2 is 2.06 bits per heavy atom. The van der Waals surface area contributed by atoms with Gasteiger partial charge >= 0.3 is 0 Å². The van der Waals surface area contributed by atoms with Crippen molar-refractivity contribution >= 4 is 21.7 Å². The minimum Gasteiger partial charge on any atom is -0.360 e. The first kappa shape index (κ1) is 10.7. The zero-order valence-corrected chi connectivity index (χ0v) is 10.7. The van der Waals surface area contributed by atoms with Crippen molar-refractivity contribution < 1.29 is 9.32 Å². The van der Waals surface area contributed by atoms with Crippen molar-refractivity contribution in [2.45, 2.75) is 19.3 Å². The van der Waals surface area contributed by atoms with Gasteiger partial charge in [0.15, 0.2) is 5.78 Å². The second kappa shape index (κ2) is 4.11. The molecular formula is C13H10BrNO2. The fourth-order valence-electron chi connectivity index (χ4n) is 2.15. The van der Waals surface area contributed by atoms with E-state index in [9.17, 15) is 4.79 Å². The lowest BCUT2D eigenvalue weighted by Crippen LogP contribution is -2.09. The van der Waals surface area contributed by atoms with E-state index in [1.54, 1.807) is 0 Å². The fraction of sp³-hybridized carbons (Fsp3) is 0.231. The van der Waals surface area contributed by atoms with Crippen LogP contribution in [-0.4, -0.2) is 10.9 Å². The fourth-order valence-corrected chi connectivity index (χ4v) is 2.63.